The Balaban J connectivity index is 1.70. The molecule has 0 bridgehead atoms. The zero-order valence-electron chi connectivity index (χ0n) is 15.6. The molecule has 0 aliphatic carbocycles. The molecule has 1 saturated heterocycles. The van der Waals surface area contributed by atoms with Crippen molar-refractivity contribution >= 4 is 33.2 Å². The largest absolute Gasteiger partial charge is 0.309 e. The van der Waals surface area contributed by atoms with Crippen LogP contribution in [0.5, 0.6) is 0 Å². The predicted octanol–water partition coefficient (Wildman–Crippen LogP) is 3.60. The summed E-state index contributed by atoms with van der Waals surface area (Å²) in [6, 6.07) is 2.83. The van der Waals surface area contributed by atoms with E-state index in [1.54, 1.807) is 0 Å². The normalized spacial score (nSPS) is 19.1. The molecule has 0 radical (unpaired) electrons. The van der Waals surface area contributed by atoms with Gasteiger partial charge in [-0.05, 0) is 49.8 Å². The van der Waals surface area contributed by atoms with Gasteiger partial charge in [0.25, 0.3) is 0 Å². The summed E-state index contributed by atoms with van der Waals surface area (Å²) in [5.41, 5.74) is 0.993. The SMILES string of the molecule is CCCCS(=O)(=O)N1CCC(C(=O)N2CCCc3c(Cl)ccc(F)c32)CC1. The standard InChI is InChI=1S/C19H26ClFN2O3S/c1-2-3-13-27(25,26)22-11-8-14(9-12-22)19(24)23-10-4-5-15-16(20)6-7-17(21)18(15)23/h6-7,14H,2-5,8-13H2,1H3. The number of fused-ring (bicyclic) bond motifs is 1. The molecule has 8 heteroatoms. The summed E-state index contributed by atoms with van der Waals surface area (Å²) < 4.78 is 40.6. The van der Waals surface area contributed by atoms with Crippen molar-refractivity contribution in [1.29, 1.82) is 0 Å². The number of hydrogen-bond donors (Lipinski definition) is 0. The number of benzene rings is 1. The van der Waals surface area contributed by atoms with Crippen LogP contribution in [-0.2, 0) is 21.2 Å². The van der Waals surface area contributed by atoms with Crippen LogP contribution < -0.4 is 4.90 Å². The fourth-order valence-electron chi connectivity index (χ4n) is 3.92. The molecule has 0 saturated carbocycles. The summed E-state index contributed by atoms with van der Waals surface area (Å²) in [6.07, 6.45) is 3.81. The topological polar surface area (TPSA) is 57.7 Å². The lowest BCUT2D eigenvalue weighted by molar-refractivity contribution is -0.123. The maximum absolute atomic E-state index is 14.4. The fraction of sp³-hybridized carbons (Fsp3) is 0.632. The van der Waals surface area contributed by atoms with Gasteiger partial charge < -0.3 is 4.90 Å². The van der Waals surface area contributed by atoms with Crippen LogP contribution in [-0.4, -0.2) is 44.0 Å². The Morgan fingerprint density at radius 1 is 1.26 bits per heavy atom. The highest BCUT2D eigenvalue weighted by Crippen LogP contribution is 2.36. The Kier molecular flexibility index (Phi) is 6.43. The van der Waals surface area contributed by atoms with Crippen LogP contribution in [0.25, 0.3) is 0 Å². The molecule has 0 N–H and O–H groups in total. The molecule has 0 atom stereocenters. The van der Waals surface area contributed by atoms with E-state index in [1.165, 1.54) is 21.3 Å². The number of nitrogens with zero attached hydrogens (tertiary/aromatic N) is 2. The van der Waals surface area contributed by atoms with Gasteiger partial charge in [0.1, 0.15) is 5.82 Å². The molecule has 0 spiro atoms. The van der Waals surface area contributed by atoms with Gasteiger partial charge in [0.2, 0.25) is 15.9 Å². The van der Waals surface area contributed by atoms with Crippen LogP contribution in [0.2, 0.25) is 5.02 Å². The molecule has 2 aliphatic rings. The summed E-state index contributed by atoms with van der Waals surface area (Å²) in [5.74, 6) is -0.678. The van der Waals surface area contributed by atoms with Crippen molar-refractivity contribution in [2.45, 2.75) is 45.4 Å². The molecule has 5 nitrogen and oxygen atoms in total. The van der Waals surface area contributed by atoms with Gasteiger partial charge in [-0.2, -0.15) is 0 Å². The quantitative estimate of drug-likeness (QED) is 0.736. The smallest absolute Gasteiger partial charge is 0.230 e. The maximum Gasteiger partial charge on any atom is 0.230 e. The third-order valence-electron chi connectivity index (χ3n) is 5.47. The minimum Gasteiger partial charge on any atom is -0.309 e. The number of rotatable bonds is 5. The van der Waals surface area contributed by atoms with Crippen molar-refractivity contribution < 1.29 is 17.6 Å². The monoisotopic (exact) mass is 416 g/mol. The van der Waals surface area contributed by atoms with Crippen molar-refractivity contribution in [3.05, 3.63) is 28.5 Å². The van der Waals surface area contributed by atoms with E-state index in [9.17, 15) is 17.6 Å². The number of hydrogen-bond acceptors (Lipinski definition) is 3. The Hall–Kier alpha value is -1.18. The van der Waals surface area contributed by atoms with Gasteiger partial charge in [-0.25, -0.2) is 17.1 Å². The van der Waals surface area contributed by atoms with E-state index < -0.39 is 15.8 Å². The van der Waals surface area contributed by atoms with Gasteiger partial charge in [0, 0.05) is 30.6 Å². The first-order valence-electron chi connectivity index (χ1n) is 9.61. The van der Waals surface area contributed by atoms with Gasteiger partial charge in [0.05, 0.1) is 11.4 Å². The van der Waals surface area contributed by atoms with Crippen LogP contribution in [0.3, 0.4) is 0 Å². The summed E-state index contributed by atoms with van der Waals surface area (Å²) in [6.45, 7) is 3.13. The van der Waals surface area contributed by atoms with Crippen LogP contribution in [0.4, 0.5) is 10.1 Å². The van der Waals surface area contributed by atoms with Gasteiger partial charge in [-0.3, -0.25) is 4.79 Å². The fourth-order valence-corrected chi connectivity index (χ4v) is 5.84. The second-order valence-electron chi connectivity index (χ2n) is 7.29. The second kappa shape index (κ2) is 8.45. The number of carbonyl (C=O) groups is 1. The van der Waals surface area contributed by atoms with Crippen molar-refractivity contribution in [2.75, 3.05) is 30.3 Å². The molecule has 2 aliphatic heterocycles. The summed E-state index contributed by atoms with van der Waals surface area (Å²) in [7, 11) is -3.25. The van der Waals surface area contributed by atoms with Crippen molar-refractivity contribution in [3.63, 3.8) is 0 Å². The number of amides is 1. The highest BCUT2D eigenvalue weighted by molar-refractivity contribution is 7.89. The van der Waals surface area contributed by atoms with E-state index in [0.717, 1.165) is 12.8 Å². The van der Waals surface area contributed by atoms with Crippen LogP contribution >= 0.6 is 11.6 Å². The summed E-state index contributed by atoms with van der Waals surface area (Å²) in [5, 5.41) is 0.487. The summed E-state index contributed by atoms with van der Waals surface area (Å²) in [4.78, 5) is 14.6. The van der Waals surface area contributed by atoms with E-state index in [0.29, 0.717) is 61.6 Å². The number of sulfonamides is 1. The highest BCUT2D eigenvalue weighted by Gasteiger charge is 2.35. The first kappa shape index (κ1) is 20.6. The van der Waals surface area contributed by atoms with Gasteiger partial charge in [0.15, 0.2) is 0 Å². The molecule has 1 fully saturated rings. The van der Waals surface area contributed by atoms with Crippen LogP contribution in [0.15, 0.2) is 12.1 Å². The number of halogens is 2. The molecule has 27 heavy (non-hydrogen) atoms. The average Bonchev–Trinajstić information content (AvgIpc) is 2.68. The predicted molar refractivity (Wildman–Crippen MR) is 105 cm³/mol. The lowest BCUT2D eigenvalue weighted by Crippen LogP contribution is -2.46. The number of carbonyl (C=O) groups excluding carboxylic acids is 1. The molecule has 1 amide bonds. The number of anilines is 1. The average molecular weight is 417 g/mol. The lowest BCUT2D eigenvalue weighted by Gasteiger charge is -2.36. The van der Waals surface area contributed by atoms with Crippen LogP contribution in [0.1, 0.15) is 44.6 Å². The van der Waals surface area contributed by atoms with Gasteiger partial charge in [-0.1, -0.05) is 24.9 Å². The van der Waals surface area contributed by atoms with E-state index in [2.05, 4.69) is 0 Å². The van der Waals surface area contributed by atoms with Crippen molar-refractivity contribution in [1.82, 2.24) is 4.31 Å². The molecule has 1 aromatic rings. The van der Waals surface area contributed by atoms with Crippen molar-refractivity contribution in [2.24, 2.45) is 5.92 Å². The molecule has 0 unspecified atom stereocenters. The molecule has 1 aromatic carbocycles. The molecule has 2 heterocycles. The van der Waals surface area contributed by atoms with E-state index in [1.807, 2.05) is 6.92 Å². The zero-order valence-corrected chi connectivity index (χ0v) is 17.2. The summed E-state index contributed by atoms with van der Waals surface area (Å²) >= 11 is 6.20. The van der Waals surface area contributed by atoms with E-state index >= 15 is 0 Å². The van der Waals surface area contributed by atoms with Gasteiger partial charge in [-0.15, -0.1) is 0 Å². The van der Waals surface area contributed by atoms with Crippen LogP contribution in [0, 0.1) is 11.7 Å². The molecular weight excluding hydrogens is 391 g/mol. The Bertz CT molecular complexity index is 807. The number of piperidine rings is 1. The third kappa shape index (κ3) is 4.30. The third-order valence-corrected chi connectivity index (χ3v) is 7.78. The minimum absolute atomic E-state index is 0.122. The minimum atomic E-state index is -3.25. The lowest BCUT2D eigenvalue weighted by atomic mass is 9.93. The van der Waals surface area contributed by atoms with Gasteiger partial charge >= 0.3 is 0 Å². The molecule has 3 rings (SSSR count). The molecular formula is C19H26ClFN2O3S. The Morgan fingerprint density at radius 2 is 1.96 bits per heavy atom. The van der Waals surface area contributed by atoms with Crippen molar-refractivity contribution in [3.8, 4) is 0 Å². The highest BCUT2D eigenvalue weighted by atomic mass is 35.5. The number of unbranched alkanes of at least 4 members (excludes halogenated alkanes) is 1. The first-order valence-corrected chi connectivity index (χ1v) is 11.6. The molecule has 150 valence electrons. The zero-order chi connectivity index (χ0) is 19.6. The maximum atomic E-state index is 14.4. The van der Waals surface area contributed by atoms with E-state index in [-0.39, 0.29) is 17.6 Å². The van der Waals surface area contributed by atoms with E-state index in [4.69, 9.17) is 11.6 Å². The first-order chi connectivity index (χ1) is 12.8. The Labute approximate surface area is 165 Å². The molecule has 0 aromatic heterocycles. The Morgan fingerprint density at radius 3 is 2.63 bits per heavy atom. The second-order valence-corrected chi connectivity index (χ2v) is 9.79.